The molecule has 2 rings (SSSR count). The van der Waals surface area contributed by atoms with Crippen molar-refractivity contribution in [1.82, 2.24) is 5.32 Å². The van der Waals surface area contributed by atoms with E-state index < -0.39 is 17.6 Å². The summed E-state index contributed by atoms with van der Waals surface area (Å²) in [6.07, 6.45) is -2.09. The number of aliphatic hydroxyl groups excluding tert-OH is 1. The second-order valence-corrected chi connectivity index (χ2v) is 4.96. The minimum absolute atomic E-state index is 0.0413. The van der Waals surface area contributed by atoms with Crippen molar-refractivity contribution in [3.8, 4) is 0 Å². The zero-order valence-corrected chi connectivity index (χ0v) is 10.2. The first-order valence-corrected chi connectivity index (χ1v) is 6.08. The van der Waals surface area contributed by atoms with Crippen LogP contribution in [0.25, 0.3) is 0 Å². The fourth-order valence-corrected chi connectivity index (χ4v) is 2.18. The van der Waals surface area contributed by atoms with Crippen LogP contribution in [-0.4, -0.2) is 17.3 Å². The molecular formula is C13H15F4NO. The molecule has 1 aromatic rings. The van der Waals surface area contributed by atoms with Gasteiger partial charge in [0.15, 0.2) is 0 Å². The summed E-state index contributed by atoms with van der Waals surface area (Å²) >= 11 is 0. The molecule has 2 N–H and O–H groups in total. The summed E-state index contributed by atoms with van der Waals surface area (Å²) in [6.45, 7) is 0.143. The SMILES string of the molecule is OCC1(NCc2ccc(F)c(C(F)(F)F)c2)CCC1. The van der Waals surface area contributed by atoms with E-state index in [1.165, 1.54) is 6.07 Å². The molecule has 0 radical (unpaired) electrons. The van der Waals surface area contributed by atoms with Gasteiger partial charge in [-0.15, -0.1) is 0 Å². The van der Waals surface area contributed by atoms with Crippen molar-refractivity contribution in [3.05, 3.63) is 35.1 Å². The summed E-state index contributed by atoms with van der Waals surface area (Å²) in [5, 5.41) is 12.3. The second kappa shape index (κ2) is 5.09. The molecule has 0 spiro atoms. The molecule has 2 nitrogen and oxygen atoms in total. The standard InChI is InChI=1S/C13H15F4NO/c14-11-3-2-9(6-10(11)13(15,16)17)7-18-12(8-19)4-1-5-12/h2-3,6,18-19H,1,4-5,7-8H2. The van der Waals surface area contributed by atoms with Gasteiger partial charge in [0.25, 0.3) is 0 Å². The molecule has 0 aromatic heterocycles. The van der Waals surface area contributed by atoms with Crippen LogP contribution in [0.5, 0.6) is 0 Å². The van der Waals surface area contributed by atoms with Gasteiger partial charge < -0.3 is 10.4 Å². The topological polar surface area (TPSA) is 32.3 Å². The Hall–Kier alpha value is -1.14. The van der Waals surface area contributed by atoms with E-state index in [1.807, 2.05) is 0 Å². The normalized spacial score (nSPS) is 18.2. The molecule has 0 bridgehead atoms. The average molecular weight is 277 g/mol. The van der Waals surface area contributed by atoms with Crippen LogP contribution >= 0.6 is 0 Å². The first-order chi connectivity index (χ1) is 8.86. The molecule has 1 fully saturated rings. The number of rotatable bonds is 4. The van der Waals surface area contributed by atoms with Crippen molar-refractivity contribution in [3.63, 3.8) is 0 Å². The lowest BCUT2D eigenvalue weighted by Gasteiger charge is -2.41. The van der Waals surface area contributed by atoms with Crippen molar-refractivity contribution in [1.29, 1.82) is 0 Å². The molecule has 1 aromatic carbocycles. The van der Waals surface area contributed by atoms with Gasteiger partial charge in [-0.1, -0.05) is 6.07 Å². The number of benzene rings is 1. The lowest BCUT2D eigenvalue weighted by molar-refractivity contribution is -0.140. The van der Waals surface area contributed by atoms with Gasteiger partial charge in [0, 0.05) is 12.1 Å². The number of nitrogens with one attached hydrogen (secondary N) is 1. The number of hydrogen-bond acceptors (Lipinski definition) is 2. The summed E-state index contributed by atoms with van der Waals surface area (Å²) in [5.74, 6) is -1.27. The maximum Gasteiger partial charge on any atom is 0.419 e. The Kier molecular flexibility index (Phi) is 3.82. The maximum absolute atomic E-state index is 13.1. The Labute approximate surface area is 108 Å². The fourth-order valence-electron chi connectivity index (χ4n) is 2.18. The quantitative estimate of drug-likeness (QED) is 0.829. The fraction of sp³-hybridized carbons (Fsp3) is 0.538. The molecule has 0 unspecified atom stereocenters. The number of alkyl halides is 3. The average Bonchev–Trinajstić information content (AvgIpc) is 2.28. The highest BCUT2D eigenvalue weighted by molar-refractivity contribution is 5.27. The van der Waals surface area contributed by atoms with Crippen LogP contribution in [0.15, 0.2) is 18.2 Å². The minimum atomic E-state index is -4.69. The smallest absolute Gasteiger partial charge is 0.394 e. The Bertz CT molecular complexity index is 449. The summed E-state index contributed by atoms with van der Waals surface area (Å²) in [6, 6.07) is 2.96. The first kappa shape index (κ1) is 14.3. The van der Waals surface area contributed by atoms with Crippen LogP contribution in [0.2, 0.25) is 0 Å². The highest BCUT2D eigenvalue weighted by atomic mass is 19.4. The van der Waals surface area contributed by atoms with Gasteiger partial charge in [0.2, 0.25) is 0 Å². The van der Waals surface area contributed by atoms with Gasteiger partial charge in [0.05, 0.1) is 12.2 Å². The Morgan fingerprint density at radius 2 is 1.95 bits per heavy atom. The Balaban J connectivity index is 2.09. The van der Waals surface area contributed by atoms with Gasteiger partial charge in [-0.25, -0.2) is 4.39 Å². The molecule has 0 aliphatic heterocycles. The van der Waals surface area contributed by atoms with Gasteiger partial charge in [-0.05, 0) is 37.0 Å². The van der Waals surface area contributed by atoms with Crippen LogP contribution in [0.1, 0.15) is 30.4 Å². The van der Waals surface area contributed by atoms with Gasteiger partial charge in [-0.2, -0.15) is 13.2 Å². The number of hydrogen-bond donors (Lipinski definition) is 2. The number of halogens is 4. The number of aliphatic hydroxyl groups is 1. The third-order valence-corrected chi connectivity index (χ3v) is 3.62. The van der Waals surface area contributed by atoms with E-state index in [0.717, 1.165) is 31.4 Å². The van der Waals surface area contributed by atoms with E-state index >= 15 is 0 Å². The molecule has 0 atom stereocenters. The van der Waals surface area contributed by atoms with Crippen molar-refractivity contribution in [2.24, 2.45) is 0 Å². The lowest BCUT2D eigenvalue weighted by Crippen LogP contribution is -2.53. The van der Waals surface area contributed by atoms with Crippen molar-refractivity contribution in [2.45, 2.75) is 37.5 Å². The third kappa shape index (κ3) is 3.06. The molecule has 0 heterocycles. The van der Waals surface area contributed by atoms with E-state index in [2.05, 4.69) is 5.32 Å². The zero-order chi connectivity index (χ0) is 14.1. The highest BCUT2D eigenvalue weighted by Crippen LogP contribution is 2.33. The predicted octanol–water partition coefficient (Wildman–Crippen LogP) is 2.85. The third-order valence-electron chi connectivity index (χ3n) is 3.62. The van der Waals surface area contributed by atoms with Crippen LogP contribution in [0.4, 0.5) is 17.6 Å². The largest absolute Gasteiger partial charge is 0.419 e. The van der Waals surface area contributed by atoms with E-state index in [4.69, 9.17) is 0 Å². The summed E-state index contributed by atoms with van der Waals surface area (Å²) in [7, 11) is 0. The molecule has 1 aliphatic carbocycles. The van der Waals surface area contributed by atoms with Crippen molar-refractivity contribution >= 4 is 0 Å². The molecule has 0 saturated heterocycles. The summed E-state index contributed by atoms with van der Waals surface area (Å²) < 4.78 is 50.7. The first-order valence-electron chi connectivity index (χ1n) is 6.08. The second-order valence-electron chi connectivity index (χ2n) is 4.96. The molecule has 1 saturated carbocycles. The van der Waals surface area contributed by atoms with Gasteiger partial charge in [0.1, 0.15) is 5.82 Å². The molecule has 0 amide bonds. The Morgan fingerprint density at radius 3 is 2.42 bits per heavy atom. The summed E-state index contributed by atoms with van der Waals surface area (Å²) in [5.41, 5.74) is -1.28. The van der Waals surface area contributed by atoms with Crippen molar-refractivity contribution in [2.75, 3.05) is 6.61 Å². The van der Waals surface area contributed by atoms with E-state index in [9.17, 15) is 22.7 Å². The predicted molar refractivity (Wildman–Crippen MR) is 61.9 cm³/mol. The minimum Gasteiger partial charge on any atom is -0.394 e. The molecule has 19 heavy (non-hydrogen) atoms. The molecular weight excluding hydrogens is 262 g/mol. The monoisotopic (exact) mass is 277 g/mol. The van der Waals surface area contributed by atoms with E-state index in [-0.39, 0.29) is 18.7 Å². The summed E-state index contributed by atoms with van der Waals surface area (Å²) in [4.78, 5) is 0. The molecule has 106 valence electrons. The highest BCUT2D eigenvalue weighted by Gasteiger charge is 2.36. The van der Waals surface area contributed by atoms with E-state index in [1.54, 1.807) is 0 Å². The van der Waals surface area contributed by atoms with Crippen LogP contribution in [0, 0.1) is 5.82 Å². The van der Waals surface area contributed by atoms with Crippen molar-refractivity contribution < 1.29 is 22.7 Å². The zero-order valence-electron chi connectivity index (χ0n) is 10.2. The molecule has 1 aliphatic rings. The van der Waals surface area contributed by atoms with Gasteiger partial charge in [-0.3, -0.25) is 0 Å². The van der Waals surface area contributed by atoms with Gasteiger partial charge >= 0.3 is 6.18 Å². The lowest BCUT2D eigenvalue weighted by atomic mass is 9.77. The van der Waals surface area contributed by atoms with Crippen LogP contribution in [0.3, 0.4) is 0 Å². The van der Waals surface area contributed by atoms with Crippen LogP contribution < -0.4 is 5.32 Å². The maximum atomic E-state index is 13.1. The molecule has 6 heteroatoms. The Morgan fingerprint density at radius 1 is 1.26 bits per heavy atom. The van der Waals surface area contributed by atoms with Crippen LogP contribution in [-0.2, 0) is 12.7 Å². The van der Waals surface area contributed by atoms with E-state index in [0.29, 0.717) is 5.56 Å².